The number of aliphatic hydroxyl groups is 1. The summed E-state index contributed by atoms with van der Waals surface area (Å²) in [5.74, 6) is 0. The quantitative estimate of drug-likeness (QED) is 0.695. The molecule has 1 saturated heterocycles. The van der Waals surface area contributed by atoms with Crippen molar-refractivity contribution < 1.29 is 23.0 Å². The summed E-state index contributed by atoms with van der Waals surface area (Å²) in [6.45, 7) is 0.592. The summed E-state index contributed by atoms with van der Waals surface area (Å²) in [6.07, 6.45) is -3.89. The molecule has 1 unspecified atom stereocenters. The average molecular weight is 213 g/mol. The second-order valence-electron chi connectivity index (χ2n) is 3.41. The number of β-amino-alcohol motifs (C(OH)–C–C–N with tert-alkyl or cyclic N) is 1. The zero-order chi connectivity index (χ0) is 10.6. The molecule has 1 aliphatic rings. The molecule has 0 saturated carbocycles. The van der Waals surface area contributed by atoms with E-state index >= 15 is 0 Å². The Morgan fingerprint density at radius 2 is 2.14 bits per heavy atom. The van der Waals surface area contributed by atoms with E-state index in [1.807, 2.05) is 4.90 Å². The number of hydrogen-bond donors (Lipinski definition) is 1. The number of alkyl halides is 3. The van der Waals surface area contributed by atoms with Gasteiger partial charge in [-0.2, -0.15) is 13.2 Å². The first-order valence-corrected chi connectivity index (χ1v) is 4.52. The fourth-order valence-electron chi connectivity index (χ4n) is 1.40. The summed E-state index contributed by atoms with van der Waals surface area (Å²) < 4.78 is 39.4. The van der Waals surface area contributed by atoms with Crippen LogP contribution >= 0.6 is 0 Å². The van der Waals surface area contributed by atoms with Crippen LogP contribution in [0.5, 0.6) is 0 Å². The van der Waals surface area contributed by atoms with Gasteiger partial charge < -0.3 is 9.84 Å². The number of ether oxygens (including phenoxy) is 1. The molecule has 1 atom stereocenters. The van der Waals surface area contributed by atoms with E-state index in [4.69, 9.17) is 5.11 Å². The SMILES string of the molecule is OC1CCN(CCOCC(F)(F)F)C1. The fraction of sp³-hybridized carbons (Fsp3) is 1.00. The zero-order valence-corrected chi connectivity index (χ0v) is 7.76. The Bertz CT molecular complexity index is 174. The minimum Gasteiger partial charge on any atom is -0.392 e. The van der Waals surface area contributed by atoms with Crippen molar-refractivity contribution in [1.29, 1.82) is 0 Å². The van der Waals surface area contributed by atoms with Gasteiger partial charge in [0.15, 0.2) is 0 Å². The van der Waals surface area contributed by atoms with Crippen LogP contribution in [0.2, 0.25) is 0 Å². The number of nitrogens with zero attached hydrogens (tertiary/aromatic N) is 1. The Kier molecular flexibility index (Phi) is 4.15. The van der Waals surface area contributed by atoms with Crippen LogP contribution < -0.4 is 0 Å². The number of halogens is 3. The van der Waals surface area contributed by atoms with Crippen molar-refractivity contribution in [3.8, 4) is 0 Å². The largest absolute Gasteiger partial charge is 0.411 e. The van der Waals surface area contributed by atoms with Gasteiger partial charge in [-0.15, -0.1) is 0 Å². The van der Waals surface area contributed by atoms with Gasteiger partial charge in [-0.25, -0.2) is 0 Å². The van der Waals surface area contributed by atoms with E-state index in [1.54, 1.807) is 0 Å². The third kappa shape index (κ3) is 4.78. The van der Waals surface area contributed by atoms with Gasteiger partial charge in [0.1, 0.15) is 6.61 Å². The molecule has 3 nitrogen and oxygen atoms in total. The van der Waals surface area contributed by atoms with Crippen LogP contribution in [-0.2, 0) is 4.74 Å². The molecule has 84 valence electrons. The summed E-state index contributed by atoms with van der Waals surface area (Å²) >= 11 is 0. The molecule has 1 N–H and O–H groups in total. The molecule has 0 bridgehead atoms. The zero-order valence-electron chi connectivity index (χ0n) is 7.76. The van der Waals surface area contributed by atoms with E-state index in [9.17, 15) is 13.2 Å². The molecule has 14 heavy (non-hydrogen) atoms. The lowest BCUT2D eigenvalue weighted by Crippen LogP contribution is -2.28. The van der Waals surface area contributed by atoms with Crippen molar-refractivity contribution in [2.24, 2.45) is 0 Å². The third-order valence-corrected chi connectivity index (χ3v) is 2.07. The van der Waals surface area contributed by atoms with Crippen LogP contribution in [0.25, 0.3) is 0 Å². The maximum atomic E-state index is 11.6. The van der Waals surface area contributed by atoms with E-state index in [0.29, 0.717) is 19.5 Å². The Hall–Kier alpha value is -0.330. The normalized spacial score (nSPS) is 24.4. The molecule has 0 aliphatic carbocycles. The van der Waals surface area contributed by atoms with Gasteiger partial charge in [-0.1, -0.05) is 0 Å². The molecule has 1 heterocycles. The van der Waals surface area contributed by atoms with Gasteiger partial charge in [0.25, 0.3) is 0 Å². The maximum Gasteiger partial charge on any atom is 0.411 e. The van der Waals surface area contributed by atoms with Gasteiger partial charge in [-0.05, 0) is 6.42 Å². The first-order valence-electron chi connectivity index (χ1n) is 4.52. The highest BCUT2D eigenvalue weighted by Crippen LogP contribution is 2.14. The van der Waals surface area contributed by atoms with Crippen molar-refractivity contribution in [3.05, 3.63) is 0 Å². The summed E-state index contributed by atoms with van der Waals surface area (Å²) in [7, 11) is 0. The molecule has 1 fully saturated rings. The lowest BCUT2D eigenvalue weighted by atomic mass is 10.3. The van der Waals surface area contributed by atoms with Crippen molar-refractivity contribution in [1.82, 2.24) is 4.90 Å². The highest BCUT2D eigenvalue weighted by Gasteiger charge is 2.27. The van der Waals surface area contributed by atoms with Crippen LogP contribution in [0.1, 0.15) is 6.42 Å². The molecule has 0 aromatic rings. The summed E-state index contributed by atoms with van der Waals surface area (Å²) in [4.78, 5) is 1.89. The average Bonchev–Trinajstić information content (AvgIpc) is 2.44. The Labute approximate surface area is 80.5 Å². The smallest absolute Gasteiger partial charge is 0.392 e. The number of aliphatic hydroxyl groups excluding tert-OH is 1. The molecule has 0 spiro atoms. The second-order valence-corrected chi connectivity index (χ2v) is 3.41. The van der Waals surface area contributed by atoms with Crippen molar-refractivity contribution in [2.75, 3.05) is 32.8 Å². The second kappa shape index (κ2) is 4.95. The van der Waals surface area contributed by atoms with Crippen LogP contribution in [0.3, 0.4) is 0 Å². The van der Waals surface area contributed by atoms with E-state index in [2.05, 4.69) is 4.74 Å². The van der Waals surface area contributed by atoms with E-state index in [-0.39, 0.29) is 12.7 Å². The monoisotopic (exact) mass is 213 g/mol. The number of hydrogen-bond acceptors (Lipinski definition) is 3. The Balaban J connectivity index is 1.99. The molecule has 0 radical (unpaired) electrons. The number of rotatable bonds is 4. The summed E-state index contributed by atoms with van der Waals surface area (Å²) in [5.41, 5.74) is 0. The molecular formula is C8H14F3NO2. The molecular weight excluding hydrogens is 199 g/mol. The third-order valence-electron chi connectivity index (χ3n) is 2.07. The first kappa shape index (κ1) is 11.7. The predicted octanol–water partition coefficient (Wildman–Crippen LogP) is 0.632. The van der Waals surface area contributed by atoms with Gasteiger partial charge in [0.2, 0.25) is 0 Å². The minimum absolute atomic E-state index is 0.0617. The van der Waals surface area contributed by atoms with Gasteiger partial charge in [0, 0.05) is 19.6 Å². The molecule has 0 aromatic carbocycles. The summed E-state index contributed by atoms with van der Waals surface area (Å²) in [6, 6.07) is 0. The van der Waals surface area contributed by atoms with E-state index in [1.165, 1.54) is 0 Å². The van der Waals surface area contributed by atoms with Gasteiger partial charge in [-0.3, -0.25) is 4.90 Å². The lowest BCUT2D eigenvalue weighted by Gasteiger charge is -2.15. The predicted molar refractivity (Wildman–Crippen MR) is 43.9 cm³/mol. The summed E-state index contributed by atoms with van der Waals surface area (Å²) in [5, 5.41) is 9.12. The molecule has 1 rings (SSSR count). The lowest BCUT2D eigenvalue weighted by molar-refractivity contribution is -0.174. The van der Waals surface area contributed by atoms with Gasteiger partial charge >= 0.3 is 6.18 Å². The number of likely N-dealkylation sites (tertiary alicyclic amines) is 1. The van der Waals surface area contributed by atoms with E-state index in [0.717, 1.165) is 6.54 Å². The van der Waals surface area contributed by atoms with Crippen molar-refractivity contribution in [3.63, 3.8) is 0 Å². The maximum absolute atomic E-state index is 11.6. The van der Waals surface area contributed by atoms with Crippen LogP contribution in [0.4, 0.5) is 13.2 Å². The highest BCUT2D eigenvalue weighted by molar-refractivity contribution is 4.73. The fourth-order valence-corrected chi connectivity index (χ4v) is 1.40. The van der Waals surface area contributed by atoms with Crippen LogP contribution in [-0.4, -0.2) is 55.1 Å². The van der Waals surface area contributed by atoms with Crippen LogP contribution in [0, 0.1) is 0 Å². The highest BCUT2D eigenvalue weighted by atomic mass is 19.4. The van der Waals surface area contributed by atoms with Crippen LogP contribution in [0.15, 0.2) is 0 Å². The Morgan fingerprint density at radius 1 is 1.43 bits per heavy atom. The Morgan fingerprint density at radius 3 is 2.64 bits per heavy atom. The molecule has 6 heteroatoms. The standard InChI is InChI=1S/C8H14F3NO2/c9-8(10,11)6-14-4-3-12-2-1-7(13)5-12/h7,13H,1-6H2. The van der Waals surface area contributed by atoms with Crippen molar-refractivity contribution >= 4 is 0 Å². The molecule has 1 aliphatic heterocycles. The first-order chi connectivity index (χ1) is 6.47. The van der Waals surface area contributed by atoms with Crippen molar-refractivity contribution in [2.45, 2.75) is 18.7 Å². The van der Waals surface area contributed by atoms with E-state index < -0.39 is 12.8 Å². The topological polar surface area (TPSA) is 32.7 Å². The molecule has 0 aromatic heterocycles. The molecule has 0 amide bonds. The van der Waals surface area contributed by atoms with Gasteiger partial charge in [0.05, 0.1) is 12.7 Å². The minimum atomic E-state index is -4.25.